The van der Waals surface area contributed by atoms with Gasteiger partial charge in [-0.15, -0.1) is 0 Å². The molecule has 0 aliphatic carbocycles. The smallest absolute Gasteiger partial charge is 0.224 e. The number of carbonyl (C=O) groups is 1. The van der Waals surface area contributed by atoms with Crippen molar-refractivity contribution in [2.24, 2.45) is 0 Å². The molecule has 0 saturated carbocycles. The Morgan fingerprint density at radius 1 is 1.44 bits per heavy atom. The first kappa shape index (κ1) is 11.0. The van der Waals surface area contributed by atoms with Gasteiger partial charge >= 0.3 is 0 Å². The van der Waals surface area contributed by atoms with E-state index in [0.717, 1.165) is 24.5 Å². The Morgan fingerprint density at radius 2 is 2.19 bits per heavy atom. The molecule has 1 aliphatic heterocycles. The molecule has 86 valence electrons. The van der Waals surface area contributed by atoms with Gasteiger partial charge in [0.2, 0.25) is 5.91 Å². The number of hydrogen-bond donors (Lipinski definition) is 3. The second-order valence-electron chi connectivity index (χ2n) is 3.98. The number of anilines is 2. The van der Waals surface area contributed by atoms with Crippen LogP contribution in [0, 0.1) is 0 Å². The summed E-state index contributed by atoms with van der Waals surface area (Å²) < 4.78 is 0. The van der Waals surface area contributed by atoms with Crippen molar-refractivity contribution in [3.63, 3.8) is 0 Å². The van der Waals surface area contributed by atoms with E-state index >= 15 is 0 Å². The van der Waals surface area contributed by atoms with E-state index in [-0.39, 0.29) is 5.91 Å². The molecule has 3 N–H and O–H groups in total. The maximum Gasteiger partial charge on any atom is 0.224 e. The van der Waals surface area contributed by atoms with E-state index in [1.807, 2.05) is 31.2 Å². The lowest BCUT2D eigenvalue weighted by atomic mass is 10.1. The Bertz CT molecular complexity index is 374. The number of benzene rings is 1. The summed E-state index contributed by atoms with van der Waals surface area (Å²) in [6, 6.07) is 8.33. The van der Waals surface area contributed by atoms with Crippen molar-refractivity contribution in [3.05, 3.63) is 24.3 Å². The van der Waals surface area contributed by atoms with Gasteiger partial charge in [-0.05, 0) is 18.2 Å². The van der Waals surface area contributed by atoms with Crippen LogP contribution in [0.1, 0.15) is 13.3 Å². The third-order valence-corrected chi connectivity index (χ3v) is 2.62. The zero-order valence-corrected chi connectivity index (χ0v) is 9.42. The standard InChI is InChI=1S/C12H17N3O/c1-2-12(16)15-10-5-3-4-9(6-10)14-11-7-13-8-11/h3-6,11,13-14H,2,7-8H2,1H3,(H,15,16). The van der Waals surface area contributed by atoms with E-state index < -0.39 is 0 Å². The second-order valence-corrected chi connectivity index (χ2v) is 3.98. The number of amides is 1. The van der Waals surface area contributed by atoms with Crippen LogP contribution in [-0.2, 0) is 4.79 Å². The Morgan fingerprint density at radius 3 is 2.81 bits per heavy atom. The van der Waals surface area contributed by atoms with Gasteiger partial charge in [-0.1, -0.05) is 13.0 Å². The molecule has 1 fully saturated rings. The summed E-state index contributed by atoms with van der Waals surface area (Å²) in [6.07, 6.45) is 0.504. The molecular weight excluding hydrogens is 202 g/mol. The third kappa shape index (κ3) is 2.73. The van der Waals surface area contributed by atoms with E-state index in [9.17, 15) is 4.79 Å². The van der Waals surface area contributed by atoms with Gasteiger partial charge in [0, 0.05) is 30.9 Å². The topological polar surface area (TPSA) is 53.2 Å². The lowest BCUT2D eigenvalue weighted by molar-refractivity contribution is -0.115. The number of hydrogen-bond acceptors (Lipinski definition) is 3. The average Bonchev–Trinajstić information content (AvgIpc) is 2.24. The molecular formula is C12H17N3O. The molecule has 1 amide bonds. The van der Waals surface area contributed by atoms with Gasteiger partial charge < -0.3 is 16.0 Å². The van der Waals surface area contributed by atoms with E-state index in [1.165, 1.54) is 0 Å². The molecule has 1 aromatic carbocycles. The summed E-state index contributed by atoms with van der Waals surface area (Å²) in [5.74, 6) is 0.0439. The van der Waals surface area contributed by atoms with Crippen LogP contribution in [0.25, 0.3) is 0 Å². The molecule has 1 aromatic rings. The van der Waals surface area contributed by atoms with Crippen molar-refractivity contribution >= 4 is 17.3 Å². The highest BCUT2D eigenvalue weighted by Crippen LogP contribution is 2.16. The highest BCUT2D eigenvalue weighted by atomic mass is 16.1. The van der Waals surface area contributed by atoms with Gasteiger partial charge in [-0.2, -0.15) is 0 Å². The van der Waals surface area contributed by atoms with Gasteiger partial charge in [0.1, 0.15) is 0 Å². The molecule has 4 heteroatoms. The van der Waals surface area contributed by atoms with Crippen LogP contribution in [0.5, 0.6) is 0 Å². The summed E-state index contributed by atoms with van der Waals surface area (Å²) in [4.78, 5) is 11.2. The number of carbonyl (C=O) groups excluding carboxylic acids is 1. The Balaban J connectivity index is 1.97. The summed E-state index contributed by atoms with van der Waals surface area (Å²) in [5, 5.41) is 9.45. The van der Waals surface area contributed by atoms with Crippen molar-refractivity contribution in [1.82, 2.24) is 5.32 Å². The molecule has 1 aliphatic rings. The Hall–Kier alpha value is -1.55. The summed E-state index contributed by atoms with van der Waals surface area (Å²) in [7, 11) is 0. The van der Waals surface area contributed by atoms with Crippen molar-refractivity contribution in [2.75, 3.05) is 23.7 Å². The van der Waals surface area contributed by atoms with Crippen molar-refractivity contribution in [3.8, 4) is 0 Å². The van der Waals surface area contributed by atoms with Crippen LogP contribution in [-0.4, -0.2) is 25.0 Å². The van der Waals surface area contributed by atoms with Gasteiger partial charge in [-0.25, -0.2) is 0 Å². The first-order chi connectivity index (χ1) is 7.78. The van der Waals surface area contributed by atoms with Crippen LogP contribution in [0.15, 0.2) is 24.3 Å². The summed E-state index contributed by atoms with van der Waals surface area (Å²) >= 11 is 0. The highest BCUT2D eigenvalue weighted by molar-refractivity contribution is 5.90. The molecule has 0 unspecified atom stereocenters. The van der Waals surface area contributed by atoms with Crippen LogP contribution in [0.4, 0.5) is 11.4 Å². The predicted octanol–water partition coefficient (Wildman–Crippen LogP) is 1.42. The molecule has 2 rings (SSSR count). The molecule has 0 spiro atoms. The third-order valence-electron chi connectivity index (χ3n) is 2.62. The van der Waals surface area contributed by atoms with Crippen LogP contribution >= 0.6 is 0 Å². The quantitative estimate of drug-likeness (QED) is 0.718. The molecule has 0 aromatic heterocycles. The van der Waals surface area contributed by atoms with Crippen LogP contribution in [0.2, 0.25) is 0 Å². The van der Waals surface area contributed by atoms with E-state index in [4.69, 9.17) is 0 Å². The molecule has 1 heterocycles. The molecule has 4 nitrogen and oxygen atoms in total. The molecule has 0 bridgehead atoms. The maximum absolute atomic E-state index is 11.2. The monoisotopic (exact) mass is 219 g/mol. The Kier molecular flexibility index (Phi) is 3.41. The van der Waals surface area contributed by atoms with Gasteiger partial charge in [0.15, 0.2) is 0 Å². The largest absolute Gasteiger partial charge is 0.380 e. The van der Waals surface area contributed by atoms with E-state index in [0.29, 0.717) is 12.5 Å². The molecule has 16 heavy (non-hydrogen) atoms. The molecule has 1 saturated heterocycles. The highest BCUT2D eigenvalue weighted by Gasteiger charge is 2.15. The fourth-order valence-corrected chi connectivity index (χ4v) is 1.56. The Labute approximate surface area is 95.4 Å². The van der Waals surface area contributed by atoms with Crippen molar-refractivity contribution in [1.29, 1.82) is 0 Å². The zero-order valence-electron chi connectivity index (χ0n) is 9.42. The normalized spacial score (nSPS) is 15.3. The number of nitrogens with one attached hydrogen (secondary N) is 3. The van der Waals surface area contributed by atoms with Gasteiger partial charge in [-0.3, -0.25) is 4.79 Å². The molecule has 0 atom stereocenters. The van der Waals surface area contributed by atoms with Gasteiger partial charge in [0.25, 0.3) is 0 Å². The lowest BCUT2D eigenvalue weighted by Crippen LogP contribution is -2.51. The minimum Gasteiger partial charge on any atom is -0.380 e. The average molecular weight is 219 g/mol. The first-order valence-electron chi connectivity index (χ1n) is 5.65. The van der Waals surface area contributed by atoms with E-state index in [1.54, 1.807) is 0 Å². The summed E-state index contributed by atoms with van der Waals surface area (Å²) in [5.41, 5.74) is 1.91. The fraction of sp³-hybridized carbons (Fsp3) is 0.417. The van der Waals surface area contributed by atoms with E-state index in [2.05, 4.69) is 16.0 Å². The number of rotatable bonds is 4. The maximum atomic E-state index is 11.2. The lowest BCUT2D eigenvalue weighted by Gasteiger charge is -2.29. The summed E-state index contributed by atoms with van der Waals surface area (Å²) in [6.45, 7) is 3.86. The van der Waals surface area contributed by atoms with Crippen molar-refractivity contribution < 1.29 is 4.79 Å². The zero-order chi connectivity index (χ0) is 11.4. The predicted molar refractivity (Wildman–Crippen MR) is 65.6 cm³/mol. The minimum atomic E-state index is 0.0439. The first-order valence-corrected chi connectivity index (χ1v) is 5.65. The van der Waals surface area contributed by atoms with Crippen molar-refractivity contribution in [2.45, 2.75) is 19.4 Å². The second kappa shape index (κ2) is 4.99. The SMILES string of the molecule is CCC(=O)Nc1cccc(NC2CNC2)c1. The molecule has 0 radical (unpaired) electrons. The van der Waals surface area contributed by atoms with Crippen LogP contribution < -0.4 is 16.0 Å². The minimum absolute atomic E-state index is 0.0439. The fourth-order valence-electron chi connectivity index (χ4n) is 1.56. The van der Waals surface area contributed by atoms with Gasteiger partial charge in [0.05, 0.1) is 6.04 Å². The van der Waals surface area contributed by atoms with Crippen LogP contribution in [0.3, 0.4) is 0 Å².